The number of rotatable bonds is 44. The number of carbonyl (C=O) groups is 12. The fourth-order valence-corrected chi connectivity index (χ4v) is 8.22. The number of carboxylic acid groups (broad SMARTS) is 1. The zero-order valence-electron chi connectivity index (χ0n) is 52.4. The molecule has 0 rings (SSSR count). The van der Waals surface area contributed by atoms with Crippen molar-refractivity contribution in [3.8, 4) is 0 Å². The van der Waals surface area contributed by atoms with Crippen molar-refractivity contribution in [3.05, 3.63) is 0 Å². The Morgan fingerprint density at radius 3 is 0.886 bits per heavy atom. The molecule has 0 heterocycles. The van der Waals surface area contributed by atoms with Gasteiger partial charge in [-0.3, -0.25) is 67.7 Å². The van der Waals surface area contributed by atoms with Gasteiger partial charge in [0.1, 0.15) is 54.4 Å². The molecule has 88 heavy (non-hydrogen) atoms. The highest BCUT2D eigenvalue weighted by Crippen LogP contribution is 2.10. The normalized spacial score (nSPS) is 14.0. The molecule has 0 aromatic carbocycles. The van der Waals surface area contributed by atoms with Crippen LogP contribution in [-0.4, -0.2) is 188 Å². The predicted octanol–water partition coefficient (Wildman–Crippen LogP) is -5.85. The van der Waals surface area contributed by atoms with Crippen LogP contribution in [0.1, 0.15) is 139 Å². The number of hydrogen-bond donors (Lipinski definition) is 19. The zero-order chi connectivity index (χ0) is 67.2. The number of nitrogens with two attached hydrogens (primary N) is 7. The standard InChI is InChI=1S/C54H101N21O13/c1-28(2)25-37(73-43(79)31(7)67-48(84)34(70-40(76)16-19-55)13-10-20-64-52(56)57)46(82)62-23-17-41(77)71-35(14-11-21-65-53(58)59)49(85)68-32(8)44(80)74-38(26-29(3)4)47(83)63-24-18-42(78)72-36(15-12-22-66-54(60)61)50(86)69-33(9)45(81)75-39(51(87)88)27-30(5)6/h28-39H,10-27,55H2,1-9H3,(H,62,82)(H,63,83)(H,67,84)(H,68,85)(H,69,86)(H,70,76)(H,71,77)(H,72,78)(H,73,79)(H,74,80)(H,75,81)(H,87,88)(H4,56,57,64)(H4,58,59,65)(H4,60,61,66)/t31-,32-,33-,34-,35-,36-,37-,38-,39-/m0/s1. The molecule has 0 aromatic rings. The Morgan fingerprint density at radius 1 is 0.352 bits per heavy atom. The molecule has 34 heteroatoms. The van der Waals surface area contributed by atoms with Gasteiger partial charge in [-0.05, 0) is 96.3 Å². The van der Waals surface area contributed by atoms with E-state index >= 15 is 0 Å². The maximum atomic E-state index is 13.8. The number of nitrogens with zero attached hydrogens (tertiary/aromatic N) is 3. The number of nitrogens with one attached hydrogen (secondary N) is 11. The van der Waals surface area contributed by atoms with E-state index in [0.29, 0.717) is 6.42 Å². The van der Waals surface area contributed by atoms with Crippen LogP contribution in [0, 0.1) is 17.8 Å². The first-order chi connectivity index (χ1) is 41.2. The molecular formula is C54H101N21O13. The van der Waals surface area contributed by atoms with Gasteiger partial charge in [0.05, 0.1) is 0 Å². The van der Waals surface area contributed by atoms with Crippen LogP contribution >= 0.6 is 0 Å². The van der Waals surface area contributed by atoms with Crippen LogP contribution < -0.4 is 98.6 Å². The first-order valence-corrected chi connectivity index (χ1v) is 29.5. The lowest BCUT2D eigenvalue weighted by molar-refractivity contribution is -0.142. The third kappa shape index (κ3) is 36.4. The number of hydrogen-bond acceptors (Lipinski definition) is 16. The summed E-state index contributed by atoms with van der Waals surface area (Å²) in [4.78, 5) is 170. The first-order valence-electron chi connectivity index (χ1n) is 29.5. The summed E-state index contributed by atoms with van der Waals surface area (Å²) < 4.78 is 0. The highest BCUT2D eigenvalue weighted by molar-refractivity contribution is 5.96. The van der Waals surface area contributed by atoms with E-state index in [4.69, 9.17) is 40.1 Å². The minimum Gasteiger partial charge on any atom is -0.480 e. The Balaban J connectivity index is 5.91. The molecule has 0 aliphatic rings. The molecule has 0 saturated carbocycles. The van der Waals surface area contributed by atoms with Crippen LogP contribution in [0.4, 0.5) is 0 Å². The average Bonchev–Trinajstić information content (AvgIpc) is 3.46. The van der Waals surface area contributed by atoms with Crippen molar-refractivity contribution in [2.24, 2.45) is 72.9 Å². The largest absolute Gasteiger partial charge is 0.480 e. The average molecular weight is 1250 g/mol. The molecule has 0 aliphatic carbocycles. The van der Waals surface area contributed by atoms with E-state index in [-0.39, 0.29) is 146 Å². The van der Waals surface area contributed by atoms with Crippen molar-refractivity contribution in [1.82, 2.24) is 58.5 Å². The lowest BCUT2D eigenvalue weighted by Crippen LogP contribution is -2.56. The van der Waals surface area contributed by atoms with Crippen molar-refractivity contribution in [3.63, 3.8) is 0 Å². The minimum absolute atomic E-state index is 0.00971. The van der Waals surface area contributed by atoms with Gasteiger partial charge >= 0.3 is 5.97 Å². The zero-order valence-corrected chi connectivity index (χ0v) is 52.4. The lowest BCUT2D eigenvalue weighted by atomic mass is 10.0. The summed E-state index contributed by atoms with van der Waals surface area (Å²) in [5.74, 6) is -9.72. The van der Waals surface area contributed by atoms with Crippen molar-refractivity contribution in [2.45, 2.75) is 194 Å². The monoisotopic (exact) mass is 1250 g/mol. The summed E-state index contributed by atoms with van der Waals surface area (Å²) in [5, 5.41) is 37.8. The van der Waals surface area contributed by atoms with E-state index < -0.39 is 125 Å². The van der Waals surface area contributed by atoms with Crippen LogP contribution in [0.3, 0.4) is 0 Å². The minimum atomic E-state index is -1.27. The first kappa shape index (κ1) is 79.4. The number of aliphatic imine (C=N–C) groups is 3. The molecule has 0 spiro atoms. The maximum Gasteiger partial charge on any atom is 0.326 e. The molecule has 9 atom stereocenters. The molecule has 0 fully saturated rings. The van der Waals surface area contributed by atoms with Crippen molar-refractivity contribution in [1.29, 1.82) is 0 Å². The highest BCUT2D eigenvalue weighted by Gasteiger charge is 2.32. The maximum absolute atomic E-state index is 13.8. The molecule has 26 N–H and O–H groups in total. The Morgan fingerprint density at radius 2 is 0.625 bits per heavy atom. The van der Waals surface area contributed by atoms with E-state index in [9.17, 15) is 62.6 Å². The fraction of sp³-hybridized carbons (Fsp3) is 0.722. The van der Waals surface area contributed by atoms with Gasteiger partial charge in [-0.25, -0.2) is 4.79 Å². The summed E-state index contributed by atoms with van der Waals surface area (Å²) in [6.45, 7) is 14.8. The molecule has 500 valence electrons. The summed E-state index contributed by atoms with van der Waals surface area (Å²) in [7, 11) is 0. The number of carboxylic acids is 1. The predicted molar refractivity (Wildman–Crippen MR) is 329 cm³/mol. The number of amides is 11. The fourth-order valence-electron chi connectivity index (χ4n) is 8.22. The summed E-state index contributed by atoms with van der Waals surface area (Å²) in [5.41, 5.74) is 38.0. The number of aliphatic carboxylic acids is 1. The lowest BCUT2D eigenvalue weighted by Gasteiger charge is -2.25. The molecule has 0 bridgehead atoms. The number of carbonyl (C=O) groups excluding carboxylic acids is 11. The van der Waals surface area contributed by atoms with Crippen molar-refractivity contribution >= 4 is 88.8 Å². The van der Waals surface area contributed by atoms with E-state index in [1.54, 1.807) is 27.7 Å². The Labute approximate surface area is 514 Å². The van der Waals surface area contributed by atoms with Crippen LogP contribution in [0.5, 0.6) is 0 Å². The molecule has 0 saturated heterocycles. The summed E-state index contributed by atoms with van der Waals surface area (Å²) >= 11 is 0. The third-order valence-electron chi connectivity index (χ3n) is 12.7. The van der Waals surface area contributed by atoms with Gasteiger partial charge in [0.2, 0.25) is 65.0 Å². The molecule has 0 radical (unpaired) electrons. The van der Waals surface area contributed by atoms with Crippen LogP contribution in [-0.2, 0) is 57.5 Å². The van der Waals surface area contributed by atoms with E-state index in [1.165, 1.54) is 20.8 Å². The second kappa shape index (κ2) is 43.1. The molecule has 0 unspecified atom stereocenters. The van der Waals surface area contributed by atoms with Gasteiger partial charge in [0, 0.05) is 58.5 Å². The quantitative estimate of drug-likeness (QED) is 0.0153. The molecule has 0 aliphatic heterocycles. The van der Waals surface area contributed by atoms with E-state index in [0.717, 1.165) is 0 Å². The van der Waals surface area contributed by atoms with Gasteiger partial charge < -0.3 is 104 Å². The highest BCUT2D eigenvalue weighted by atomic mass is 16.4. The second-order valence-electron chi connectivity index (χ2n) is 22.4. The van der Waals surface area contributed by atoms with Crippen molar-refractivity contribution in [2.75, 3.05) is 39.3 Å². The molecule has 34 nitrogen and oxygen atoms in total. The second-order valence-corrected chi connectivity index (χ2v) is 22.4. The SMILES string of the molecule is CC(C)C[C@H](NC(=O)[C@H](C)NC(=O)[C@H](CCCN=C(N)N)NC(=O)CCNC(=O)[C@H](CC(C)C)NC(=O)[C@H](C)NC(=O)[C@H](CCCN=C(N)N)NC(=O)CCNC(=O)[C@H](CC(C)C)NC(=O)[C@H](C)NC(=O)[C@H](CCCN=C(N)N)NC(=O)CCN)C(=O)O. The van der Waals surface area contributed by atoms with Crippen molar-refractivity contribution < 1.29 is 62.6 Å². The topological polar surface area (TPSA) is 577 Å². The summed E-state index contributed by atoms with van der Waals surface area (Å²) in [6.07, 6.45) is 0.591. The Kier molecular flexibility index (Phi) is 38.9. The van der Waals surface area contributed by atoms with Gasteiger partial charge in [-0.1, -0.05) is 41.5 Å². The Bertz CT molecular complexity index is 2390. The third-order valence-corrected chi connectivity index (χ3v) is 12.7. The molecule has 11 amide bonds. The van der Waals surface area contributed by atoms with Crippen LogP contribution in [0.2, 0.25) is 0 Å². The van der Waals surface area contributed by atoms with Gasteiger partial charge in [-0.2, -0.15) is 0 Å². The molecule has 0 aromatic heterocycles. The summed E-state index contributed by atoms with van der Waals surface area (Å²) in [6, 6.07) is -10.6. The van der Waals surface area contributed by atoms with E-state index in [1.807, 2.05) is 13.8 Å². The van der Waals surface area contributed by atoms with Crippen LogP contribution in [0.15, 0.2) is 15.0 Å². The number of guanidine groups is 3. The van der Waals surface area contributed by atoms with Crippen LogP contribution in [0.25, 0.3) is 0 Å². The van der Waals surface area contributed by atoms with Gasteiger partial charge in [-0.15, -0.1) is 0 Å². The van der Waals surface area contributed by atoms with Gasteiger partial charge in [0.25, 0.3) is 0 Å². The molecular weight excluding hydrogens is 1150 g/mol. The Hall–Kier alpha value is -8.59. The smallest absolute Gasteiger partial charge is 0.326 e. The van der Waals surface area contributed by atoms with Gasteiger partial charge in [0.15, 0.2) is 17.9 Å². The van der Waals surface area contributed by atoms with E-state index in [2.05, 4.69) is 73.5 Å².